The van der Waals surface area contributed by atoms with Crippen molar-refractivity contribution in [1.29, 1.82) is 0 Å². The number of thioether (sulfide) groups is 1. The van der Waals surface area contributed by atoms with Crippen LogP contribution in [0.4, 0.5) is 5.82 Å². The van der Waals surface area contributed by atoms with Gasteiger partial charge in [-0.1, -0.05) is 12.1 Å². The van der Waals surface area contributed by atoms with Gasteiger partial charge in [0.2, 0.25) is 5.65 Å². The maximum Gasteiger partial charge on any atom is 0.337 e. The number of aliphatic hydroxyl groups is 2. The van der Waals surface area contributed by atoms with Crippen LogP contribution in [0.5, 0.6) is 0 Å². The molecule has 1 saturated heterocycles. The van der Waals surface area contributed by atoms with Crippen LogP contribution in [0, 0.1) is 0 Å². The molecule has 4 rings (SSSR count). The second-order valence-corrected chi connectivity index (χ2v) is 7.56. The van der Waals surface area contributed by atoms with Crippen LogP contribution in [0.15, 0.2) is 36.7 Å². The number of benzene rings is 1. The first kappa shape index (κ1) is 18.7. The number of anilines is 1. The third-order valence-electron chi connectivity index (χ3n) is 4.57. The quantitative estimate of drug-likeness (QED) is 0.538. The Labute approximate surface area is 164 Å². The highest BCUT2D eigenvalue weighted by molar-refractivity contribution is 7.99. The van der Waals surface area contributed by atoms with E-state index in [1.165, 1.54) is 18.9 Å². The minimum Gasteiger partial charge on any atom is -0.465 e. The number of carbonyl (C=O) groups is 1. The standard InChI is InChI=1S/C18H19N5O4S/c1-27-18(26)11-4-2-3-10(7-11)8-20-15-17-22-21-16(23(17)6-5-19-15)14-13(25)12(24)9-28-14/h2-7,12-14,24-25H,8-9H2,1H3,(H,19,20)/t12-,13-,14-/m1/s1. The van der Waals surface area contributed by atoms with Crippen LogP contribution in [-0.4, -0.2) is 60.8 Å². The highest BCUT2D eigenvalue weighted by atomic mass is 32.2. The lowest BCUT2D eigenvalue weighted by Crippen LogP contribution is -2.25. The van der Waals surface area contributed by atoms with E-state index in [2.05, 4.69) is 20.5 Å². The number of nitrogens with one attached hydrogen (secondary N) is 1. The van der Waals surface area contributed by atoms with Crippen molar-refractivity contribution in [1.82, 2.24) is 19.6 Å². The van der Waals surface area contributed by atoms with E-state index in [0.29, 0.717) is 35.2 Å². The first-order valence-electron chi connectivity index (χ1n) is 8.67. The van der Waals surface area contributed by atoms with Gasteiger partial charge in [-0.15, -0.1) is 22.0 Å². The zero-order valence-electron chi connectivity index (χ0n) is 15.0. The van der Waals surface area contributed by atoms with Gasteiger partial charge in [-0.05, 0) is 17.7 Å². The Kier molecular flexibility index (Phi) is 5.16. The molecule has 1 aromatic carbocycles. The van der Waals surface area contributed by atoms with Crippen LogP contribution in [0.3, 0.4) is 0 Å². The maximum absolute atomic E-state index is 11.7. The summed E-state index contributed by atoms with van der Waals surface area (Å²) < 4.78 is 6.51. The Hall–Kier alpha value is -2.69. The summed E-state index contributed by atoms with van der Waals surface area (Å²) in [6.07, 6.45) is 1.69. The van der Waals surface area contributed by atoms with Crippen LogP contribution >= 0.6 is 11.8 Å². The first-order valence-corrected chi connectivity index (χ1v) is 9.72. The molecule has 1 aliphatic heterocycles. The number of carbonyl (C=O) groups excluding carboxylic acids is 1. The highest BCUT2D eigenvalue weighted by Gasteiger charge is 2.38. The van der Waals surface area contributed by atoms with Gasteiger partial charge >= 0.3 is 5.97 Å². The third kappa shape index (κ3) is 3.41. The molecule has 146 valence electrons. The molecule has 2 aromatic heterocycles. The minimum absolute atomic E-state index is 0.350. The predicted octanol–water partition coefficient (Wildman–Crippen LogP) is 1.03. The molecule has 0 saturated carbocycles. The minimum atomic E-state index is -0.886. The van der Waals surface area contributed by atoms with Crippen molar-refractivity contribution >= 4 is 29.2 Å². The van der Waals surface area contributed by atoms with Crippen molar-refractivity contribution in [3.05, 3.63) is 53.6 Å². The number of ether oxygens (including phenoxy) is 1. The van der Waals surface area contributed by atoms with Gasteiger partial charge in [0, 0.05) is 24.7 Å². The van der Waals surface area contributed by atoms with E-state index >= 15 is 0 Å². The smallest absolute Gasteiger partial charge is 0.337 e. The van der Waals surface area contributed by atoms with Gasteiger partial charge in [0.15, 0.2) is 11.6 Å². The number of fused-ring (bicyclic) bond motifs is 1. The summed E-state index contributed by atoms with van der Waals surface area (Å²) in [5.41, 5.74) is 1.88. The average Bonchev–Trinajstić information content (AvgIpc) is 3.29. The lowest BCUT2D eigenvalue weighted by Gasteiger charge is -2.14. The number of methoxy groups -OCH3 is 1. The molecule has 28 heavy (non-hydrogen) atoms. The molecule has 0 aliphatic carbocycles. The van der Waals surface area contributed by atoms with Crippen LogP contribution in [-0.2, 0) is 11.3 Å². The lowest BCUT2D eigenvalue weighted by atomic mass is 10.1. The Bertz CT molecular complexity index is 1010. The number of aromatic nitrogens is 4. The van der Waals surface area contributed by atoms with E-state index < -0.39 is 12.2 Å². The number of hydrogen-bond donors (Lipinski definition) is 3. The zero-order valence-corrected chi connectivity index (χ0v) is 15.8. The molecule has 10 heteroatoms. The van der Waals surface area contributed by atoms with Gasteiger partial charge in [0.25, 0.3) is 0 Å². The molecule has 0 radical (unpaired) electrons. The van der Waals surface area contributed by atoms with Crippen LogP contribution < -0.4 is 5.32 Å². The molecule has 3 heterocycles. The summed E-state index contributed by atoms with van der Waals surface area (Å²) in [7, 11) is 1.35. The van der Waals surface area contributed by atoms with Gasteiger partial charge in [0.1, 0.15) is 0 Å². The first-order chi connectivity index (χ1) is 13.6. The SMILES string of the molecule is COC(=O)c1cccc(CNc2nccn3c([C@@H]4SC[C@@H](O)[C@H]4O)nnc23)c1. The number of esters is 1. The summed E-state index contributed by atoms with van der Waals surface area (Å²) in [4.78, 5) is 16.0. The third-order valence-corrected chi connectivity index (χ3v) is 5.95. The van der Waals surface area contributed by atoms with Crippen molar-refractivity contribution in [2.75, 3.05) is 18.2 Å². The summed E-state index contributed by atoms with van der Waals surface area (Å²) in [5, 5.41) is 31.2. The molecule has 1 aliphatic rings. The Morgan fingerprint density at radius 3 is 3.00 bits per heavy atom. The fourth-order valence-corrected chi connectivity index (χ4v) is 4.39. The molecule has 0 unspecified atom stereocenters. The summed E-state index contributed by atoms with van der Waals surface area (Å²) >= 11 is 1.45. The normalized spacial score (nSPS) is 21.8. The van der Waals surface area contributed by atoms with E-state index in [-0.39, 0.29) is 11.2 Å². The van der Waals surface area contributed by atoms with Gasteiger partial charge in [-0.2, -0.15) is 0 Å². The molecule has 1 fully saturated rings. The van der Waals surface area contributed by atoms with Crippen molar-refractivity contribution < 1.29 is 19.7 Å². The van der Waals surface area contributed by atoms with Crippen molar-refractivity contribution in [2.45, 2.75) is 24.0 Å². The van der Waals surface area contributed by atoms with Crippen molar-refractivity contribution in [2.24, 2.45) is 0 Å². The monoisotopic (exact) mass is 401 g/mol. The number of aliphatic hydroxyl groups excluding tert-OH is 2. The topological polar surface area (TPSA) is 122 Å². The van der Waals surface area contributed by atoms with Crippen molar-refractivity contribution in [3.8, 4) is 0 Å². The summed E-state index contributed by atoms with van der Waals surface area (Å²) in [6, 6.07) is 7.12. The van der Waals surface area contributed by atoms with Gasteiger partial charge in [-0.25, -0.2) is 9.78 Å². The Morgan fingerprint density at radius 2 is 2.25 bits per heavy atom. The number of nitrogens with zero attached hydrogens (tertiary/aromatic N) is 4. The second-order valence-electron chi connectivity index (χ2n) is 6.39. The zero-order chi connectivity index (χ0) is 19.7. The molecular weight excluding hydrogens is 382 g/mol. The van der Waals surface area contributed by atoms with Gasteiger partial charge in [0.05, 0.1) is 30.1 Å². The highest BCUT2D eigenvalue weighted by Crippen LogP contribution is 2.39. The van der Waals surface area contributed by atoms with Gasteiger partial charge in [-0.3, -0.25) is 4.40 Å². The Morgan fingerprint density at radius 1 is 1.39 bits per heavy atom. The molecule has 0 amide bonds. The van der Waals surface area contributed by atoms with Crippen LogP contribution in [0.1, 0.15) is 27.0 Å². The molecule has 3 atom stereocenters. The molecule has 0 bridgehead atoms. The molecule has 9 nitrogen and oxygen atoms in total. The maximum atomic E-state index is 11.7. The van der Waals surface area contributed by atoms with E-state index in [4.69, 9.17) is 4.74 Å². The lowest BCUT2D eigenvalue weighted by molar-refractivity contribution is 0.0404. The predicted molar refractivity (Wildman–Crippen MR) is 103 cm³/mol. The van der Waals surface area contributed by atoms with Crippen LogP contribution in [0.25, 0.3) is 5.65 Å². The Balaban J connectivity index is 1.56. The molecule has 3 aromatic rings. The van der Waals surface area contributed by atoms with Crippen molar-refractivity contribution in [3.63, 3.8) is 0 Å². The number of hydrogen-bond acceptors (Lipinski definition) is 9. The number of rotatable bonds is 5. The van der Waals surface area contributed by atoms with E-state index in [1.54, 1.807) is 35.0 Å². The fourth-order valence-electron chi connectivity index (χ4n) is 3.10. The summed E-state index contributed by atoms with van der Waals surface area (Å²) in [5.74, 6) is 1.16. The molecule has 0 spiro atoms. The second kappa shape index (κ2) is 7.74. The van der Waals surface area contributed by atoms with E-state index in [9.17, 15) is 15.0 Å². The molecule has 3 N–H and O–H groups in total. The van der Waals surface area contributed by atoms with Gasteiger partial charge < -0.3 is 20.3 Å². The molecular formula is C18H19N5O4S. The van der Waals surface area contributed by atoms with E-state index in [1.807, 2.05) is 6.07 Å². The fraction of sp³-hybridized carbons (Fsp3) is 0.333. The summed E-state index contributed by atoms with van der Waals surface area (Å²) in [6.45, 7) is 0.430. The van der Waals surface area contributed by atoms with Crippen LogP contribution in [0.2, 0.25) is 0 Å². The van der Waals surface area contributed by atoms with E-state index in [0.717, 1.165) is 5.56 Å². The average molecular weight is 401 g/mol. The largest absolute Gasteiger partial charge is 0.465 e.